The van der Waals surface area contributed by atoms with Crippen molar-refractivity contribution in [2.45, 2.75) is 13.2 Å². The van der Waals surface area contributed by atoms with E-state index in [1.165, 1.54) is 0 Å². The molecule has 1 aliphatic heterocycles. The molecule has 140 valence electrons. The number of hydrogen-bond donors (Lipinski definition) is 0. The van der Waals surface area contributed by atoms with Crippen molar-refractivity contribution in [1.82, 2.24) is 24.3 Å². The molecule has 3 heterocycles. The SMILES string of the molecule is COc1ccc2c(c1)-c1nnc(COc3ccccc3)n1Cc1c(Br)ncn1-2. The van der Waals surface area contributed by atoms with Gasteiger partial charge in [-0.3, -0.25) is 4.57 Å². The first-order valence-corrected chi connectivity index (χ1v) is 9.54. The molecule has 0 spiro atoms. The summed E-state index contributed by atoms with van der Waals surface area (Å²) in [5.41, 5.74) is 2.93. The molecule has 8 heteroatoms. The molecule has 0 bridgehead atoms. The maximum absolute atomic E-state index is 5.91. The van der Waals surface area contributed by atoms with Gasteiger partial charge in [-0.05, 0) is 46.3 Å². The monoisotopic (exact) mass is 437 g/mol. The Labute approximate surface area is 169 Å². The summed E-state index contributed by atoms with van der Waals surface area (Å²) in [6.07, 6.45) is 1.81. The van der Waals surface area contributed by atoms with Crippen molar-refractivity contribution < 1.29 is 9.47 Å². The number of rotatable bonds is 4. The number of halogens is 1. The number of nitrogens with zero attached hydrogens (tertiary/aromatic N) is 5. The van der Waals surface area contributed by atoms with Gasteiger partial charge in [0.05, 0.1) is 25.0 Å². The highest BCUT2D eigenvalue weighted by molar-refractivity contribution is 9.10. The fraction of sp³-hybridized carbons (Fsp3) is 0.150. The first-order valence-electron chi connectivity index (χ1n) is 8.75. The van der Waals surface area contributed by atoms with Crippen molar-refractivity contribution in [2.24, 2.45) is 0 Å². The molecule has 0 aliphatic carbocycles. The highest BCUT2D eigenvalue weighted by atomic mass is 79.9. The minimum absolute atomic E-state index is 0.321. The van der Waals surface area contributed by atoms with E-state index in [0.717, 1.165) is 44.7 Å². The summed E-state index contributed by atoms with van der Waals surface area (Å²) in [5, 5.41) is 8.86. The lowest BCUT2D eigenvalue weighted by Gasteiger charge is -2.10. The van der Waals surface area contributed by atoms with E-state index < -0.39 is 0 Å². The van der Waals surface area contributed by atoms with Crippen molar-refractivity contribution >= 4 is 15.9 Å². The van der Waals surface area contributed by atoms with E-state index >= 15 is 0 Å². The summed E-state index contributed by atoms with van der Waals surface area (Å²) >= 11 is 3.57. The van der Waals surface area contributed by atoms with Crippen molar-refractivity contribution in [1.29, 1.82) is 0 Å². The summed E-state index contributed by atoms with van der Waals surface area (Å²) in [4.78, 5) is 4.42. The molecule has 2 aromatic heterocycles. The van der Waals surface area contributed by atoms with E-state index in [-0.39, 0.29) is 0 Å². The standard InChI is InChI=1S/C20H16BrN5O2/c1-27-14-7-8-16-15(9-14)20-24-23-18(11-28-13-5-3-2-4-6-13)25(20)10-17-19(21)22-12-26(16)17/h2-9,12H,10-11H2,1H3. The lowest BCUT2D eigenvalue weighted by Crippen LogP contribution is -2.10. The fourth-order valence-corrected chi connectivity index (χ4v) is 3.76. The molecule has 0 atom stereocenters. The van der Waals surface area contributed by atoms with Crippen LogP contribution < -0.4 is 9.47 Å². The number of hydrogen-bond acceptors (Lipinski definition) is 5. The zero-order valence-electron chi connectivity index (χ0n) is 15.0. The molecule has 2 aromatic carbocycles. The van der Waals surface area contributed by atoms with Gasteiger partial charge in [-0.2, -0.15) is 0 Å². The molecule has 1 aliphatic rings. The fourth-order valence-electron chi connectivity index (χ4n) is 3.35. The van der Waals surface area contributed by atoms with Gasteiger partial charge in [0, 0.05) is 5.56 Å². The van der Waals surface area contributed by atoms with Crippen LogP contribution in [0.3, 0.4) is 0 Å². The van der Waals surface area contributed by atoms with Crippen LogP contribution in [-0.4, -0.2) is 31.4 Å². The van der Waals surface area contributed by atoms with Gasteiger partial charge in [-0.1, -0.05) is 18.2 Å². The van der Waals surface area contributed by atoms with Crippen LogP contribution in [0.1, 0.15) is 11.5 Å². The molecular formula is C20H16BrN5O2. The third-order valence-electron chi connectivity index (χ3n) is 4.77. The predicted molar refractivity (Wildman–Crippen MR) is 107 cm³/mol. The van der Waals surface area contributed by atoms with E-state index in [4.69, 9.17) is 9.47 Å². The summed E-state index contributed by atoms with van der Waals surface area (Å²) in [5.74, 6) is 3.07. The number of imidazole rings is 1. The molecule has 0 amide bonds. The highest BCUT2D eigenvalue weighted by Gasteiger charge is 2.26. The highest BCUT2D eigenvalue weighted by Crippen LogP contribution is 2.35. The quantitative estimate of drug-likeness (QED) is 0.427. The second-order valence-electron chi connectivity index (χ2n) is 6.36. The first-order chi connectivity index (χ1) is 13.7. The second-order valence-corrected chi connectivity index (χ2v) is 7.11. The van der Waals surface area contributed by atoms with Crippen LogP contribution >= 0.6 is 15.9 Å². The van der Waals surface area contributed by atoms with E-state index in [1.807, 2.05) is 54.9 Å². The van der Waals surface area contributed by atoms with Gasteiger partial charge in [0.15, 0.2) is 11.6 Å². The maximum Gasteiger partial charge on any atom is 0.171 e. The second kappa shape index (κ2) is 6.79. The third kappa shape index (κ3) is 2.77. The van der Waals surface area contributed by atoms with E-state index in [2.05, 4.69) is 40.2 Å². The number of aromatic nitrogens is 5. The largest absolute Gasteiger partial charge is 0.497 e. The Morgan fingerprint density at radius 3 is 2.75 bits per heavy atom. The zero-order chi connectivity index (χ0) is 19.1. The Morgan fingerprint density at radius 2 is 1.93 bits per heavy atom. The molecule has 0 fully saturated rings. The van der Waals surface area contributed by atoms with Gasteiger partial charge in [0.2, 0.25) is 0 Å². The molecule has 0 radical (unpaired) electrons. The Morgan fingerprint density at radius 1 is 1.07 bits per heavy atom. The third-order valence-corrected chi connectivity index (χ3v) is 5.43. The van der Waals surface area contributed by atoms with Crippen LogP contribution in [0.4, 0.5) is 0 Å². The van der Waals surface area contributed by atoms with Gasteiger partial charge < -0.3 is 14.0 Å². The normalized spacial score (nSPS) is 11.9. The maximum atomic E-state index is 5.91. The number of para-hydroxylation sites is 1. The Bertz CT molecular complexity index is 1150. The van der Waals surface area contributed by atoms with E-state index in [1.54, 1.807) is 7.11 Å². The van der Waals surface area contributed by atoms with E-state index in [9.17, 15) is 0 Å². The molecule has 0 saturated heterocycles. The topological polar surface area (TPSA) is 67.0 Å². The molecule has 4 aromatic rings. The molecule has 28 heavy (non-hydrogen) atoms. The van der Waals surface area contributed by atoms with Crippen LogP contribution in [0, 0.1) is 0 Å². The molecular weight excluding hydrogens is 422 g/mol. The van der Waals surface area contributed by atoms with Gasteiger partial charge in [-0.15, -0.1) is 10.2 Å². The average molecular weight is 438 g/mol. The van der Waals surface area contributed by atoms with Gasteiger partial charge in [0.25, 0.3) is 0 Å². The zero-order valence-corrected chi connectivity index (χ0v) is 16.6. The summed E-state index contributed by atoms with van der Waals surface area (Å²) < 4.78 is 16.3. The summed E-state index contributed by atoms with van der Waals surface area (Å²) in [7, 11) is 1.65. The Kier molecular flexibility index (Phi) is 4.12. The van der Waals surface area contributed by atoms with E-state index in [0.29, 0.717) is 13.2 Å². The summed E-state index contributed by atoms with van der Waals surface area (Å²) in [6, 6.07) is 15.6. The Hall–Kier alpha value is -3.13. The van der Waals surface area contributed by atoms with Crippen LogP contribution in [-0.2, 0) is 13.2 Å². The van der Waals surface area contributed by atoms with Gasteiger partial charge >= 0.3 is 0 Å². The smallest absolute Gasteiger partial charge is 0.171 e. The molecule has 5 rings (SSSR count). The molecule has 0 unspecified atom stereocenters. The lowest BCUT2D eigenvalue weighted by atomic mass is 10.1. The van der Waals surface area contributed by atoms with Crippen molar-refractivity contribution in [3.63, 3.8) is 0 Å². The van der Waals surface area contributed by atoms with Crippen molar-refractivity contribution in [3.8, 4) is 28.6 Å². The number of benzene rings is 2. The summed E-state index contributed by atoms with van der Waals surface area (Å²) in [6.45, 7) is 0.898. The van der Waals surface area contributed by atoms with Gasteiger partial charge in [-0.25, -0.2) is 4.98 Å². The Balaban J connectivity index is 1.61. The number of ether oxygens (including phenoxy) is 2. The number of fused-ring (bicyclic) bond motifs is 5. The molecule has 7 nitrogen and oxygen atoms in total. The minimum atomic E-state index is 0.321. The van der Waals surface area contributed by atoms with Crippen LogP contribution in [0.2, 0.25) is 0 Å². The van der Waals surface area contributed by atoms with Crippen LogP contribution in [0.15, 0.2) is 59.5 Å². The van der Waals surface area contributed by atoms with Crippen molar-refractivity contribution in [2.75, 3.05) is 7.11 Å². The van der Waals surface area contributed by atoms with Crippen LogP contribution in [0.25, 0.3) is 17.1 Å². The molecule has 0 saturated carbocycles. The van der Waals surface area contributed by atoms with Gasteiger partial charge in [0.1, 0.15) is 29.0 Å². The predicted octanol–water partition coefficient (Wildman–Crippen LogP) is 3.84. The van der Waals surface area contributed by atoms with Crippen molar-refractivity contribution in [3.05, 3.63) is 71.0 Å². The first kappa shape index (κ1) is 17.0. The minimum Gasteiger partial charge on any atom is -0.497 e. The lowest BCUT2D eigenvalue weighted by molar-refractivity contribution is 0.290. The van der Waals surface area contributed by atoms with Crippen LogP contribution in [0.5, 0.6) is 11.5 Å². The average Bonchev–Trinajstić information content (AvgIpc) is 3.27. The molecule has 0 N–H and O–H groups in total. The number of methoxy groups -OCH3 is 1.